The van der Waals surface area contributed by atoms with Crippen molar-refractivity contribution < 1.29 is 4.79 Å². The number of aromatic nitrogens is 2. The van der Waals surface area contributed by atoms with E-state index in [9.17, 15) is 4.79 Å². The van der Waals surface area contributed by atoms with E-state index in [0.717, 1.165) is 54.0 Å². The van der Waals surface area contributed by atoms with Crippen LogP contribution in [0.4, 0.5) is 5.69 Å². The summed E-state index contributed by atoms with van der Waals surface area (Å²) < 4.78 is 4.56. The topological polar surface area (TPSA) is 38.4 Å². The lowest BCUT2D eigenvalue weighted by atomic mass is 9.98. The number of amides is 1. The molecule has 4 heteroatoms. The maximum absolute atomic E-state index is 13.9. The number of hydrogen-bond donors (Lipinski definition) is 1. The minimum Gasteiger partial charge on any atom is -0.325 e. The normalized spacial score (nSPS) is 13.1. The first kappa shape index (κ1) is 21.5. The fraction of sp³-hybridized carbons (Fsp3) is 0.194. The summed E-state index contributed by atoms with van der Waals surface area (Å²) in [5.74, 6) is -0.0814. The monoisotopic (exact) mass is 459 g/mol. The Balaban J connectivity index is 1.60. The summed E-state index contributed by atoms with van der Waals surface area (Å²) in [5.41, 5.74) is 10.8. The molecule has 0 bridgehead atoms. The van der Waals surface area contributed by atoms with Crippen LogP contribution in [0.25, 0.3) is 28.0 Å². The van der Waals surface area contributed by atoms with Crippen molar-refractivity contribution in [2.24, 2.45) is 0 Å². The molecule has 6 rings (SSSR count). The Morgan fingerprint density at radius 1 is 0.800 bits per heavy atom. The van der Waals surface area contributed by atoms with Gasteiger partial charge in [-0.1, -0.05) is 77.9 Å². The summed E-state index contributed by atoms with van der Waals surface area (Å²) in [4.78, 5) is 13.9. The lowest BCUT2D eigenvalue weighted by Gasteiger charge is -2.10. The van der Waals surface area contributed by atoms with Gasteiger partial charge < -0.3 is 9.88 Å². The molecule has 0 saturated heterocycles. The number of rotatable bonds is 4. The fourth-order valence-corrected chi connectivity index (χ4v) is 5.31. The molecule has 0 fully saturated rings. The average molecular weight is 460 g/mol. The van der Waals surface area contributed by atoms with Gasteiger partial charge in [0, 0.05) is 29.6 Å². The number of nitrogens with one attached hydrogen (secondary N) is 1. The third kappa shape index (κ3) is 3.75. The highest BCUT2D eigenvalue weighted by Crippen LogP contribution is 2.39. The molecule has 1 amide bonds. The first-order valence-electron chi connectivity index (χ1n) is 12.4. The largest absolute Gasteiger partial charge is 0.325 e. The summed E-state index contributed by atoms with van der Waals surface area (Å²) >= 11 is 0. The van der Waals surface area contributed by atoms with E-state index in [0.29, 0.717) is 5.69 Å². The average Bonchev–Trinajstić information content (AvgIpc) is 3.29. The van der Waals surface area contributed by atoms with Crippen LogP contribution in [0.1, 0.15) is 40.0 Å². The number of imidazole rings is 1. The van der Waals surface area contributed by atoms with Crippen molar-refractivity contribution in [1.29, 1.82) is 0 Å². The smallest absolute Gasteiger partial charge is 0.273 e. The van der Waals surface area contributed by atoms with Gasteiger partial charge in [-0.2, -0.15) is 0 Å². The number of anilines is 1. The van der Waals surface area contributed by atoms with Crippen LogP contribution in [0.2, 0.25) is 0 Å². The van der Waals surface area contributed by atoms with Crippen LogP contribution >= 0.6 is 0 Å². The Morgan fingerprint density at radius 2 is 1.49 bits per heavy atom. The molecule has 2 aromatic heterocycles. The van der Waals surface area contributed by atoms with Crippen molar-refractivity contribution in [2.45, 2.75) is 39.7 Å². The number of carbonyl (C=O) groups excluding carboxylic acids is 1. The first-order valence-corrected chi connectivity index (χ1v) is 12.4. The molecule has 0 aliphatic carbocycles. The third-order valence-corrected chi connectivity index (χ3v) is 7.07. The molecule has 1 N–H and O–H groups in total. The Bertz CT molecular complexity index is 1520. The van der Waals surface area contributed by atoms with Gasteiger partial charge in [-0.15, -0.1) is 0 Å². The van der Waals surface area contributed by atoms with Crippen LogP contribution in [0.15, 0.2) is 85.1 Å². The van der Waals surface area contributed by atoms with Gasteiger partial charge in [-0.3, -0.25) is 9.20 Å². The number of benzene rings is 3. The number of nitrogens with zero attached hydrogens (tertiary/aromatic N) is 2. The van der Waals surface area contributed by atoms with E-state index < -0.39 is 0 Å². The lowest BCUT2D eigenvalue weighted by molar-refractivity contribution is 0.102. The minimum absolute atomic E-state index is 0.0814. The molecule has 0 radical (unpaired) electrons. The highest BCUT2D eigenvalue weighted by Gasteiger charge is 2.29. The van der Waals surface area contributed by atoms with Gasteiger partial charge >= 0.3 is 0 Å². The summed E-state index contributed by atoms with van der Waals surface area (Å²) in [5, 5.41) is 3.17. The van der Waals surface area contributed by atoms with E-state index >= 15 is 0 Å². The molecule has 3 aromatic carbocycles. The van der Waals surface area contributed by atoms with Gasteiger partial charge in [-0.25, -0.2) is 0 Å². The van der Waals surface area contributed by atoms with Crippen molar-refractivity contribution >= 4 is 17.2 Å². The van der Waals surface area contributed by atoms with E-state index in [1.807, 2.05) is 30.3 Å². The third-order valence-electron chi connectivity index (χ3n) is 7.07. The molecule has 1 aliphatic heterocycles. The predicted octanol–water partition coefficient (Wildman–Crippen LogP) is 7.28. The van der Waals surface area contributed by atoms with Gasteiger partial charge in [0.15, 0.2) is 0 Å². The van der Waals surface area contributed by atoms with E-state index in [-0.39, 0.29) is 5.91 Å². The first-order chi connectivity index (χ1) is 17.1. The molecule has 35 heavy (non-hydrogen) atoms. The maximum atomic E-state index is 13.9. The Labute approximate surface area is 205 Å². The van der Waals surface area contributed by atoms with E-state index in [1.54, 1.807) is 0 Å². The molecule has 174 valence electrons. The molecule has 1 aliphatic rings. The summed E-state index contributed by atoms with van der Waals surface area (Å²) in [6.07, 6.45) is 5.35. The molecular formula is C31H29N3O. The van der Waals surface area contributed by atoms with Gasteiger partial charge in [0.1, 0.15) is 11.3 Å². The van der Waals surface area contributed by atoms with Crippen LogP contribution in [0, 0.1) is 13.8 Å². The van der Waals surface area contributed by atoms with Gasteiger partial charge in [0.2, 0.25) is 0 Å². The highest BCUT2D eigenvalue weighted by atomic mass is 16.1. The second-order valence-electron chi connectivity index (χ2n) is 9.57. The summed E-state index contributed by atoms with van der Waals surface area (Å²) in [6, 6.07) is 27.0. The molecule has 0 saturated carbocycles. The fourth-order valence-electron chi connectivity index (χ4n) is 5.31. The number of hydrogen-bond acceptors (Lipinski definition) is 1. The van der Waals surface area contributed by atoms with Gasteiger partial charge in [0.25, 0.3) is 5.91 Å². The second kappa shape index (κ2) is 8.62. The van der Waals surface area contributed by atoms with Crippen LogP contribution in [0.3, 0.4) is 0 Å². The van der Waals surface area contributed by atoms with Crippen molar-refractivity contribution in [3.8, 4) is 22.4 Å². The van der Waals surface area contributed by atoms with Gasteiger partial charge in [-0.05, 0) is 56.4 Å². The molecule has 4 nitrogen and oxygen atoms in total. The van der Waals surface area contributed by atoms with E-state index in [2.05, 4.69) is 82.9 Å². The lowest BCUT2D eigenvalue weighted by Crippen LogP contribution is -2.15. The zero-order chi connectivity index (χ0) is 23.9. The van der Waals surface area contributed by atoms with E-state index in [4.69, 9.17) is 0 Å². The summed E-state index contributed by atoms with van der Waals surface area (Å²) in [7, 11) is 0. The molecule has 3 heterocycles. The van der Waals surface area contributed by atoms with Crippen molar-refractivity contribution in [1.82, 2.24) is 8.97 Å². The van der Waals surface area contributed by atoms with Crippen LogP contribution in [-0.2, 0) is 13.0 Å². The van der Waals surface area contributed by atoms with Crippen LogP contribution in [-0.4, -0.2) is 14.9 Å². The minimum atomic E-state index is -0.0814. The van der Waals surface area contributed by atoms with Crippen LogP contribution < -0.4 is 5.32 Å². The number of carbonyl (C=O) groups is 1. The Hall–Kier alpha value is -4.05. The van der Waals surface area contributed by atoms with Crippen LogP contribution in [0.5, 0.6) is 0 Å². The molecule has 5 aromatic rings. The van der Waals surface area contributed by atoms with Crippen molar-refractivity contribution in [2.75, 3.05) is 5.32 Å². The quantitative estimate of drug-likeness (QED) is 0.301. The van der Waals surface area contributed by atoms with Crippen molar-refractivity contribution in [3.63, 3.8) is 0 Å². The van der Waals surface area contributed by atoms with E-state index in [1.165, 1.54) is 22.3 Å². The number of aryl methyl sites for hydroxylation is 4. The Morgan fingerprint density at radius 3 is 2.20 bits per heavy atom. The van der Waals surface area contributed by atoms with Gasteiger partial charge in [0.05, 0.1) is 5.69 Å². The predicted molar refractivity (Wildman–Crippen MR) is 143 cm³/mol. The zero-order valence-electron chi connectivity index (χ0n) is 20.2. The molecule has 0 unspecified atom stereocenters. The van der Waals surface area contributed by atoms with Crippen molar-refractivity contribution in [3.05, 3.63) is 107 Å². The standard InChI is InChI=1S/C31H29N3O/c1-21-11-15-23(16-12-21)27-20-34-29(30(35)32-25-17-13-22(2)14-18-25)28(24-8-4-3-5-9-24)26-10-6-7-19-33(27)31(26)34/h3-5,8-9,11-18,20H,6-7,10,19H2,1-2H3,(H,32,35). The zero-order valence-corrected chi connectivity index (χ0v) is 20.2. The highest BCUT2D eigenvalue weighted by molar-refractivity contribution is 6.10. The molecular weight excluding hydrogens is 430 g/mol. The summed E-state index contributed by atoms with van der Waals surface area (Å²) in [6.45, 7) is 5.11. The second-order valence-corrected chi connectivity index (χ2v) is 9.57. The molecule has 0 spiro atoms. The Kier molecular flexibility index (Phi) is 5.29. The molecule has 0 atom stereocenters. The maximum Gasteiger partial charge on any atom is 0.273 e. The SMILES string of the molecule is Cc1ccc(NC(=O)c2c(-c3ccccc3)c3c4n(c(-c5ccc(C)cc5)cn24)CCCC3)cc1.